The van der Waals surface area contributed by atoms with Crippen LogP contribution >= 0.6 is 0 Å². The molecular weight excluding hydrogens is 206 g/mol. The quantitative estimate of drug-likeness (QED) is 0.642. The predicted molar refractivity (Wildman–Crippen MR) is 62.1 cm³/mol. The second-order valence-electron chi connectivity index (χ2n) is 4.49. The monoisotopic (exact) mass is 229 g/mol. The summed E-state index contributed by atoms with van der Waals surface area (Å²) in [5.41, 5.74) is 0. The topological polar surface area (TPSA) is 58.6 Å². The van der Waals surface area contributed by atoms with Crippen LogP contribution in [0.5, 0.6) is 0 Å². The second kappa shape index (κ2) is 7.63. The van der Waals surface area contributed by atoms with Gasteiger partial charge in [-0.2, -0.15) is 0 Å². The predicted octanol–water partition coefficient (Wildman–Crippen LogP) is 1.08. The summed E-state index contributed by atoms with van der Waals surface area (Å²) in [5, 5.41) is 11.5. The van der Waals surface area contributed by atoms with E-state index in [-0.39, 0.29) is 18.6 Å². The first kappa shape index (κ1) is 13.5. The third-order valence-corrected chi connectivity index (χ3v) is 3.03. The van der Waals surface area contributed by atoms with Crippen LogP contribution in [0.1, 0.15) is 39.0 Å². The summed E-state index contributed by atoms with van der Waals surface area (Å²) < 4.78 is 5.38. The van der Waals surface area contributed by atoms with Gasteiger partial charge >= 0.3 is 0 Å². The molecular formula is C12H23NO3. The lowest BCUT2D eigenvalue weighted by Crippen LogP contribution is -2.37. The van der Waals surface area contributed by atoms with Gasteiger partial charge in [0.25, 0.3) is 0 Å². The van der Waals surface area contributed by atoms with Gasteiger partial charge in [-0.05, 0) is 25.2 Å². The number of carbonyl (C=O) groups excluding carboxylic acids is 1. The number of ether oxygens (including phenoxy) is 1. The maximum absolute atomic E-state index is 11.7. The SMILES string of the molecule is CC1CCOC1C(=O)NCCCCCCO. The Hall–Kier alpha value is -0.610. The summed E-state index contributed by atoms with van der Waals surface area (Å²) in [6, 6.07) is 0. The van der Waals surface area contributed by atoms with E-state index in [2.05, 4.69) is 12.2 Å². The Morgan fingerprint density at radius 2 is 2.12 bits per heavy atom. The lowest BCUT2D eigenvalue weighted by atomic mass is 10.0. The molecule has 0 aromatic rings. The maximum atomic E-state index is 11.7. The molecule has 1 aliphatic heterocycles. The van der Waals surface area contributed by atoms with Crippen LogP contribution in [-0.2, 0) is 9.53 Å². The van der Waals surface area contributed by atoms with Crippen LogP contribution in [0.25, 0.3) is 0 Å². The summed E-state index contributed by atoms with van der Waals surface area (Å²) in [6.45, 7) is 3.74. The molecule has 2 atom stereocenters. The number of aliphatic hydroxyl groups excluding tert-OH is 1. The van der Waals surface area contributed by atoms with Crippen LogP contribution in [-0.4, -0.2) is 36.9 Å². The van der Waals surface area contributed by atoms with Gasteiger partial charge in [-0.25, -0.2) is 0 Å². The van der Waals surface area contributed by atoms with Crippen molar-refractivity contribution >= 4 is 5.91 Å². The van der Waals surface area contributed by atoms with E-state index < -0.39 is 0 Å². The largest absolute Gasteiger partial charge is 0.396 e. The van der Waals surface area contributed by atoms with E-state index in [0.29, 0.717) is 12.5 Å². The highest BCUT2D eigenvalue weighted by Gasteiger charge is 2.30. The summed E-state index contributed by atoms with van der Waals surface area (Å²) in [7, 11) is 0. The molecule has 1 heterocycles. The summed E-state index contributed by atoms with van der Waals surface area (Å²) in [5.74, 6) is 0.376. The van der Waals surface area contributed by atoms with Crippen molar-refractivity contribution in [2.45, 2.75) is 45.1 Å². The fraction of sp³-hybridized carbons (Fsp3) is 0.917. The van der Waals surface area contributed by atoms with E-state index in [4.69, 9.17) is 9.84 Å². The van der Waals surface area contributed by atoms with E-state index in [0.717, 1.165) is 38.6 Å². The molecule has 2 unspecified atom stereocenters. The standard InChI is InChI=1S/C12H23NO3/c1-10-6-9-16-11(10)12(15)13-7-4-2-3-5-8-14/h10-11,14H,2-9H2,1H3,(H,13,15). The zero-order valence-electron chi connectivity index (χ0n) is 10.1. The Labute approximate surface area is 97.4 Å². The minimum Gasteiger partial charge on any atom is -0.396 e. The number of amides is 1. The van der Waals surface area contributed by atoms with Gasteiger partial charge < -0.3 is 15.2 Å². The molecule has 1 aliphatic rings. The minimum atomic E-state index is -0.238. The van der Waals surface area contributed by atoms with Gasteiger partial charge in [0, 0.05) is 19.8 Å². The molecule has 0 aromatic carbocycles. The van der Waals surface area contributed by atoms with Crippen molar-refractivity contribution in [2.24, 2.45) is 5.92 Å². The minimum absolute atomic E-state index is 0.0344. The normalized spacial score (nSPS) is 24.6. The van der Waals surface area contributed by atoms with Crippen LogP contribution in [0.2, 0.25) is 0 Å². The third-order valence-electron chi connectivity index (χ3n) is 3.03. The van der Waals surface area contributed by atoms with Crippen LogP contribution in [0.15, 0.2) is 0 Å². The Balaban J connectivity index is 2.02. The maximum Gasteiger partial charge on any atom is 0.249 e. The molecule has 94 valence electrons. The van der Waals surface area contributed by atoms with Crippen LogP contribution in [0.4, 0.5) is 0 Å². The van der Waals surface area contributed by atoms with Crippen LogP contribution < -0.4 is 5.32 Å². The van der Waals surface area contributed by atoms with Gasteiger partial charge in [-0.15, -0.1) is 0 Å². The molecule has 4 heteroatoms. The molecule has 0 aliphatic carbocycles. The van der Waals surface area contributed by atoms with E-state index in [1.807, 2.05) is 0 Å². The molecule has 1 amide bonds. The fourth-order valence-corrected chi connectivity index (χ4v) is 1.93. The van der Waals surface area contributed by atoms with Crippen molar-refractivity contribution in [3.05, 3.63) is 0 Å². The molecule has 0 aromatic heterocycles. The summed E-state index contributed by atoms with van der Waals surface area (Å²) in [4.78, 5) is 11.7. The van der Waals surface area contributed by atoms with Crippen molar-refractivity contribution in [3.8, 4) is 0 Å². The van der Waals surface area contributed by atoms with Crippen molar-refractivity contribution in [1.29, 1.82) is 0 Å². The Morgan fingerprint density at radius 3 is 2.75 bits per heavy atom. The Morgan fingerprint density at radius 1 is 1.38 bits per heavy atom. The first-order valence-electron chi connectivity index (χ1n) is 6.26. The molecule has 0 radical (unpaired) electrons. The van der Waals surface area contributed by atoms with Crippen molar-refractivity contribution in [3.63, 3.8) is 0 Å². The van der Waals surface area contributed by atoms with E-state index in [1.54, 1.807) is 0 Å². The number of hydrogen-bond donors (Lipinski definition) is 2. The van der Waals surface area contributed by atoms with Crippen molar-refractivity contribution in [2.75, 3.05) is 19.8 Å². The zero-order valence-corrected chi connectivity index (χ0v) is 10.1. The van der Waals surface area contributed by atoms with Gasteiger partial charge in [-0.3, -0.25) is 4.79 Å². The van der Waals surface area contributed by atoms with Crippen molar-refractivity contribution in [1.82, 2.24) is 5.32 Å². The van der Waals surface area contributed by atoms with Crippen LogP contribution in [0.3, 0.4) is 0 Å². The summed E-state index contributed by atoms with van der Waals surface area (Å²) in [6.07, 6.45) is 4.67. The lowest BCUT2D eigenvalue weighted by Gasteiger charge is -2.14. The molecule has 0 saturated carbocycles. The van der Waals surface area contributed by atoms with E-state index in [1.165, 1.54) is 0 Å². The highest BCUT2D eigenvalue weighted by molar-refractivity contribution is 5.81. The van der Waals surface area contributed by atoms with Crippen molar-refractivity contribution < 1.29 is 14.6 Å². The molecule has 16 heavy (non-hydrogen) atoms. The number of nitrogens with one attached hydrogen (secondary N) is 1. The lowest BCUT2D eigenvalue weighted by molar-refractivity contribution is -0.131. The van der Waals surface area contributed by atoms with Crippen LogP contribution in [0, 0.1) is 5.92 Å². The van der Waals surface area contributed by atoms with Gasteiger partial charge in [-0.1, -0.05) is 19.8 Å². The number of hydrogen-bond acceptors (Lipinski definition) is 3. The molecule has 1 saturated heterocycles. The third kappa shape index (κ3) is 4.49. The van der Waals surface area contributed by atoms with Gasteiger partial charge in [0.15, 0.2) is 0 Å². The van der Waals surface area contributed by atoms with E-state index >= 15 is 0 Å². The van der Waals surface area contributed by atoms with Gasteiger partial charge in [0.05, 0.1) is 0 Å². The molecule has 0 bridgehead atoms. The molecule has 4 nitrogen and oxygen atoms in total. The van der Waals surface area contributed by atoms with E-state index in [9.17, 15) is 4.79 Å². The number of carbonyl (C=O) groups is 1. The average Bonchev–Trinajstić information content (AvgIpc) is 2.69. The van der Waals surface area contributed by atoms with Gasteiger partial charge in [0.1, 0.15) is 6.10 Å². The molecule has 1 fully saturated rings. The number of aliphatic hydroxyl groups is 1. The highest BCUT2D eigenvalue weighted by atomic mass is 16.5. The highest BCUT2D eigenvalue weighted by Crippen LogP contribution is 2.19. The molecule has 2 N–H and O–H groups in total. The first-order valence-corrected chi connectivity index (χ1v) is 6.26. The Bertz CT molecular complexity index is 208. The molecule has 1 rings (SSSR count). The number of rotatable bonds is 7. The fourth-order valence-electron chi connectivity index (χ4n) is 1.93. The number of unbranched alkanes of at least 4 members (excludes halogenated alkanes) is 3. The van der Waals surface area contributed by atoms with Gasteiger partial charge in [0.2, 0.25) is 5.91 Å². The first-order chi connectivity index (χ1) is 7.75. The summed E-state index contributed by atoms with van der Waals surface area (Å²) >= 11 is 0. The smallest absolute Gasteiger partial charge is 0.249 e. The average molecular weight is 229 g/mol. The molecule has 0 spiro atoms. The zero-order chi connectivity index (χ0) is 11.8. The Kier molecular flexibility index (Phi) is 6.42. The second-order valence-corrected chi connectivity index (χ2v) is 4.49.